The van der Waals surface area contributed by atoms with Gasteiger partial charge in [0.25, 0.3) is 12.3 Å². The van der Waals surface area contributed by atoms with Gasteiger partial charge in [0.15, 0.2) is 0 Å². The molecule has 1 saturated heterocycles. The number of fused-ring (bicyclic) bond motifs is 1. The van der Waals surface area contributed by atoms with Crippen LogP contribution in [0, 0.1) is 5.82 Å². The van der Waals surface area contributed by atoms with Crippen molar-refractivity contribution in [2.45, 2.75) is 38.4 Å². The molecule has 2 atom stereocenters. The van der Waals surface area contributed by atoms with Crippen LogP contribution in [0.1, 0.15) is 34.3 Å². The highest BCUT2D eigenvalue weighted by Gasteiger charge is 2.39. The Bertz CT molecular complexity index is 1110. The van der Waals surface area contributed by atoms with Crippen molar-refractivity contribution in [2.75, 3.05) is 19.4 Å². The molecule has 10 heteroatoms. The van der Waals surface area contributed by atoms with Gasteiger partial charge in [0.1, 0.15) is 17.6 Å². The van der Waals surface area contributed by atoms with Crippen molar-refractivity contribution in [1.82, 2.24) is 15.1 Å². The molecule has 4 rings (SSSR count). The molecule has 0 bridgehead atoms. The first-order chi connectivity index (χ1) is 15.7. The lowest BCUT2D eigenvalue weighted by atomic mass is 10.0. The third-order valence-corrected chi connectivity index (χ3v) is 5.75. The van der Waals surface area contributed by atoms with Crippen LogP contribution in [0.2, 0.25) is 0 Å². The summed E-state index contributed by atoms with van der Waals surface area (Å²) in [5, 5.41) is 15.3. The summed E-state index contributed by atoms with van der Waals surface area (Å²) in [5.74, 6) is -1.22. The van der Waals surface area contributed by atoms with Crippen molar-refractivity contribution in [3.8, 4) is 5.75 Å². The number of hydrogen-bond donors (Lipinski definition) is 3. The normalized spacial score (nSPS) is 18.9. The summed E-state index contributed by atoms with van der Waals surface area (Å²) in [4.78, 5) is 39.6. The quantitative estimate of drug-likeness (QED) is 0.427. The molecule has 3 N–H and O–H groups in total. The van der Waals surface area contributed by atoms with Crippen LogP contribution in [0.25, 0.3) is 0 Å². The highest BCUT2D eigenvalue weighted by Crippen LogP contribution is 2.32. The van der Waals surface area contributed by atoms with Gasteiger partial charge in [-0.3, -0.25) is 24.6 Å². The fraction of sp³-hybridized carbons (Fsp3) is 0.348. The number of nitrogens with zero attached hydrogens (tertiary/aromatic N) is 2. The first-order valence-corrected chi connectivity index (χ1v) is 10.5. The molecule has 2 aliphatic heterocycles. The van der Waals surface area contributed by atoms with Crippen molar-refractivity contribution in [2.24, 2.45) is 0 Å². The Labute approximate surface area is 190 Å². The molecule has 2 aliphatic rings. The van der Waals surface area contributed by atoms with E-state index in [1.54, 1.807) is 32.3 Å². The van der Waals surface area contributed by atoms with Crippen LogP contribution in [0.3, 0.4) is 0 Å². The topological polar surface area (TPSA) is 111 Å². The highest BCUT2D eigenvalue weighted by molar-refractivity contribution is 6.06. The van der Waals surface area contributed by atoms with E-state index >= 15 is 0 Å². The van der Waals surface area contributed by atoms with E-state index in [1.807, 2.05) is 0 Å². The molecule has 0 aromatic heterocycles. The maximum Gasteiger partial charge on any atom is 0.259 e. The number of rotatable bonds is 7. The summed E-state index contributed by atoms with van der Waals surface area (Å²) in [6, 6.07) is 8.68. The molecular weight excluding hydrogens is 431 g/mol. The van der Waals surface area contributed by atoms with Crippen LogP contribution in [-0.4, -0.2) is 59.2 Å². The van der Waals surface area contributed by atoms with Crippen molar-refractivity contribution in [1.29, 1.82) is 0 Å². The van der Waals surface area contributed by atoms with Gasteiger partial charge in [-0.05, 0) is 50.8 Å². The molecule has 2 heterocycles. The number of imide groups is 1. The number of piperidine rings is 1. The first kappa shape index (κ1) is 22.7. The third kappa shape index (κ3) is 4.67. The van der Waals surface area contributed by atoms with Gasteiger partial charge in [0, 0.05) is 41.9 Å². The number of ether oxygens (including phenoxy) is 1. The average Bonchev–Trinajstić information content (AvgIpc) is 3.11. The van der Waals surface area contributed by atoms with Gasteiger partial charge in [0.05, 0.1) is 0 Å². The Morgan fingerprint density at radius 3 is 2.79 bits per heavy atom. The van der Waals surface area contributed by atoms with Crippen molar-refractivity contribution in [3.05, 3.63) is 58.9 Å². The van der Waals surface area contributed by atoms with Crippen molar-refractivity contribution < 1.29 is 28.6 Å². The summed E-state index contributed by atoms with van der Waals surface area (Å²) < 4.78 is 19.8. The van der Waals surface area contributed by atoms with Gasteiger partial charge in [0.2, 0.25) is 11.8 Å². The van der Waals surface area contributed by atoms with E-state index < -0.39 is 24.2 Å². The minimum Gasteiger partial charge on any atom is -0.451 e. The Morgan fingerprint density at radius 1 is 1.27 bits per heavy atom. The lowest BCUT2D eigenvalue weighted by Gasteiger charge is -2.29. The molecule has 0 aliphatic carbocycles. The summed E-state index contributed by atoms with van der Waals surface area (Å²) >= 11 is 0. The maximum absolute atomic E-state index is 14.4. The monoisotopic (exact) mass is 456 g/mol. The maximum atomic E-state index is 14.4. The van der Waals surface area contributed by atoms with Crippen LogP contribution in [0.4, 0.5) is 10.1 Å². The molecule has 33 heavy (non-hydrogen) atoms. The Kier molecular flexibility index (Phi) is 6.30. The number of carbonyl (C=O) groups is 3. The first-order valence-electron chi connectivity index (χ1n) is 10.5. The van der Waals surface area contributed by atoms with Gasteiger partial charge in [-0.2, -0.15) is 0 Å². The number of carbonyl (C=O) groups excluding carboxylic acids is 3. The Morgan fingerprint density at radius 2 is 2.06 bits per heavy atom. The van der Waals surface area contributed by atoms with Crippen LogP contribution in [0.15, 0.2) is 36.4 Å². The highest BCUT2D eigenvalue weighted by atomic mass is 19.1. The molecule has 0 radical (unpaired) electrons. The van der Waals surface area contributed by atoms with E-state index in [0.717, 1.165) is 0 Å². The predicted octanol–water partition coefficient (Wildman–Crippen LogP) is 1.42. The van der Waals surface area contributed by atoms with Gasteiger partial charge in [-0.15, -0.1) is 0 Å². The molecule has 0 spiro atoms. The number of amides is 3. The zero-order valence-electron chi connectivity index (χ0n) is 18.3. The molecule has 2 aromatic carbocycles. The zero-order chi connectivity index (χ0) is 23.7. The van der Waals surface area contributed by atoms with Crippen LogP contribution >= 0.6 is 0 Å². The molecule has 1 fully saturated rings. The summed E-state index contributed by atoms with van der Waals surface area (Å²) in [6.07, 6.45) is -0.704. The largest absolute Gasteiger partial charge is 0.451 e. The molecule has 174 valence electrons. The van der Waals surface area contributed by atoms with Gasteiger partial charge >= 0.3 is 0 Å². The number of halogens is 1. The summed E-state index contributed by atoms with van der Waals surface area (Å²) in [6.45, 7) is 0.328. The van der Waals surface area contributed by atoms with Gasteiger partial charge in [-0.25, -0.2) is 4.39 Å². The van der Waals surface area contributed by atoms with Crippen LogP contribution in [-0.2, 0) is 22.7 Å². The van der Waals surface area contributed by atoms with Crippen molar-refractivity contribution >= 4 is 23.4 Å². The van der Waals surface area contributed by atoms with E-state index in [1.165, 1.54) is 28.0 Å². The smallest absolute Gasteiger partial charge is 0.259 e. The molecular formula is C23H25FN4O5. The van der Waals surface area contributed by atoms with E-state index in [2.05, 4.69) is 10.6 Å². The summed E-state index contributed by atoms with van der Waals surface area (Å²) in [5.41, 5.74) is 2.15. The molecule has 1 unspecified atom stereocenters. The molecule has 3 amide bonds. The second-order valence-corrected chi connectivity index (χ2v) is 8.25. The lowest BCUT2D eigenvalue weighted by Crippen LogP contribution is -2.52. The minimum absolute atomic E-state index is 0.115. The zero-order valence-corrected chi connectivity index (χ0v) is 18.3. The van der Waals surface area contributed by atoms with E-state index in [-0.39, 0.29) is 37.7 Å². The Hall–Kier alpha value is -3.50. The van der Waals surface area contributed by atoms with Crippen LogP contribution in [0.5, 0.6) is 5.75 Å². The molecule has 0 saturated carbocycles. The number of nitrogens with one attached hydrogen (secondary N) is 2. The Balaban J connectivity index is 1.50. The lowest BCUT2D eigenvalue weighted by molar-refractivity contribution is -0.136. The predicted molar refractivity (Wildman–Crippen MR) is 117 cm³/mol. The minimum atomic E-state index is -1.17. The fourth-order valence-electron chi connectivity index (χ4n) is 3.93. The number of benzene rings is 2. The number of aliphatic hydroxyl groups is 1. The molecule has 9 nitrogen and oxygen atoms in total. The third-order valence-electron chi connectivity index (χ3n) is 5.75. The molecule has 2 aromatic rings. The van der Waals surface area contributed by atoms with E-state index in [9.17, 15) is 23.9 Å². The average molecular weight is 456 g/mol. The summed E-state index contributed by atoms with van der Waals surface area (Å²) in [7, 11) is 3.29. The number of anilines is 1. The van der Waals surface area contributed by atoms with E-state index in [4.69, 9.17) is 4.74 Å². The van der Waals surface area contributed by atoms with E-state index in [0.29, 0.717) is 28.1 Å². The fourth-order valence-corrected chi connectivity index (χ4v) is 3.93. The van der Waals surface area contributed by atoms with Crippen LogP contribution < -0.4 is 15.4 Å². The second-order valence-electron chi connectivity index (χ2n) is 8.25. The SMILES string of the molecule is CN(C)C(O)Oc1ccc(F)c(CNc2cccc3c2CN([C@@H]2CCC(=O)NC2=O)C3=O)c1. The second kappa shape index (κ2) is 9.16. The van der Waals surface area contributed by atoms with Gasteiger partial charge < -0.3 is 20.1 Å². The number of hydrogen-bond acceptors (Lipinski definition) is 7. The number of aliphatic hydroxyl groups excluding tert-OH is 1. The van der Waals surface area contributed by atoms with Crippen molar-refractivity contribution in [3.63, 3.8) is 0 Å². The van der Waals surface area contributed by atoms with Gasteiger partial charge in [-0.1, -0.05) is 6.07 Å². The standard InChI is InChI=1S/C23H25FN4O5/c1-27(2)23(32)33-14-6-7-17(24)13(10-14)11-25-18-5-3-4-15-16(18)12-28(22(15)31)19-8-9-20(29)26-21(19)30/h3-7,10,19,23,25,32H,8-9,11-12H2,1-2H3,(H,26,29,30)/t19-,23?/m1/s1.